The predicted octanol–water partition coefficient (Wildman–Crippen LogP) is 5.71. The number of anilines is 3. The van der Waals surface area contributed by atoms with Crippen LogP contribution in [0.4, 0.5) is 21.9 Å². The number of ether oxygens (including phenoxy) is 2. The highest BCUT2D eigenvalue weighted by molar-refractivity contribution is 5.93. The number of nitrogens with zero attached hydrogens (tertiary/aromatic N) is 2. The standard InChI is InChI=1S/C45H54N6O8/c1-50(43(56)20-24-51-22-18-33(19-23-51)59-45(57)49-37-12-7-6-11-34(37)31-9-4-3-5-10-31)21-8-13-42(55)48-38-16-14-30(25-41(38)58-2)27-46-29-40(54)35-15-17-39(53)44-36(35)26-32(52)28-47-44/h3-7,9-12,14-17,25,33,40,46-47,53-54H,8,13,18-24,26-29H2,1-2H3,(H,48,55)(H,49,57)/t40-/m0/s1. The smallest absolute Gasteiger partial charge is 0.411 e. The lowest BCUT2D eigenvalue weighted by Crippen LogP contribution is -2.40. The maximum atomic E-state index is 12.9. The van der Waals surface area contributed by atoms with Crippen molar-refractivity contribution < 1.29 is 38.9 Å². The van der Waals surface area contributed by atoms with Gasteiger partial charge in [0.2, 0.25) is 11.8 Å². The minimum absolute atomic E-state index is 0.00756. The van der Waals surface area contributed by atoms with Gasteiger partial charge in [-0.2, -0.15) is 0 Å². The van der Waals surface area contributed by atoms with Gasteiger partial charge >= 0.3 is 6.09 Å². The fraction of sp³-hybridized carbons (Fsp3) is 0.378. The number of phenolic OH excluding ortho intramolecular Hbond substituents is 1. The average molecular weight is 807 g/mol. The summed E-state index contributed by atoms with van der Waals surface area (Å²) >= 11 is 0. The molecular weight excluding hydrogens is 753 g/mol. The van der Waals surface area contributed by atoms with E-state index >= 15 is 0 Å². The number of para-hydroxylation sites is 1. The van der Waals surface area contributed by atoms with E-state index in [0.717, 1.165) is 29.8 Å². The summed E-state index contributed by atoms with van der Waals surface area (Å²) in [5.74, 6) is 0.342. The Morgan fingerprint density at radius 3 is 2.49 bits per heavy atom. The Kier molecular flexibility index (Phi) is 14.9. The summed E-state index contributed by atoms with van der Waals surface area (Å²) in [6, 6.07) is 26.1. The van der Waals surface area contributed by atoms with Crippen LogP contribution in [0.25, 0.3) is 11.1 Å². The van der Waals surface area contributed by atoms with Crippen LogP contribution in [-0.4, -0.2) is 103 Å². The minimum Gasteiger partial charge on any atom is -0.506 e. The molecule has 1 atom stereocenters. The number of likely N-dealkylation sites (tertiary alicyclic amines) is 1. The van der Waals surface area contributed by atoms with Gasteiger partial charge in [0.15, 0.2) is 5.78 Å². The molecule has 1 fully saturated rings. The van der Waals surface area contributed by atoms with Crippen LogP contribution in [0, 0.1) is 0 Å². The van der Waals surface area contributed by atoms with Crippen molar-refractivity contribution in [2.24, 2.45) is 0 Å². The monoisotopic (exact) mass is 806 g/mol. The Morgan fingerprint density at radius 2 is 1.71 bits per heavy atom. The Bertz CT molecular complexity index is 2090. The number of amides is 3. The molecule has 4 aromatic carbocycles. The van der Waals surface area contributed by atoms with Gasteiger partial charge in [-0.1, -0.05) is 60.7 Å². The van der Waals surface area contributed by atoms with Crippen LogP contribution < -0.4 is 26.0 Å². The van der Waals surface area contributed by atoms with Crippen molar-refractivity contribution in [3.63, 3.8) is 0 Å². The Balaban J connectivity index is 0.857. The zero-order chi connectivity index (χ0) is 41.7. The number of nitrogens with one attached hydrogen (secondary N) is 4. The van der Waals surface area contributed by atoms with Gasteiger partial charge in [-0.3, -0.25) is 19.7 Å². The third-order valence-corrected chi connectivity index (χ3v) is 10.8. The largest absolute Gasteiger partial charge is 0.506 e. The number of aliphatic hydroxyl groups excluding tert-OH is 1. The number of piperidine rings is 1. The number of hydrogen-bond acceptors (Lipinski definition) is 11. The molecule has 0 unspecified atom stereocenters. The van der Waals surface area contributed by atoms with Crippen molar-refractivity contribution in [3.8, 4) is 22.6 Å². The third-order valence-electron chi connectivity index (χ3n) is 10.8. The quantitative estimate of drug-likeness (QED) is 0.0720. The molecule has 3 amide bonds. The maximum absolute atomic E-state index is 12.9. The number of methoxy groups -OCH3 is 1. The van der Waals surface area contributed by atoms with Gasteiger partial charge in [-0.05, 0) is 65.8 Å². The number of benzene rings is 4. The topological polar surface area (TPSA) is 182 Å². The summed E-state index contributed by atoms with van der Waals surface area (Å²) in [6.07, 6.45) is 1.04. The van der Waals surface area contributed by atoms with E-state index in [0.29, 0.717) is 79.3 Å². The first-order valence-corrected chi connectivity index (χ1v) is 20.1. The first kappa shape index (κ1) is 42.6. The Labute approximate surface area is 344 Å². The lowest BCUT2D eigenvalue weighted by molar-refractivity contribution is -0.130. The summed E-state index contributed by atoms with van der Waals surface area (Å²) in [5, 5.41) is 33.0. The van der Waals surface area contributed by atoms with E-state index in [9.17, 15) is 29.4 Å². The molecule has 2 heterocycles. The van der Waals surface area contributed by atoms with Crippen LogP contribution in [-0.2, 0) is 32.1 Å². The normalized spacial score (nSPS) is 14.7. The molecule has 1 saturated heterocycles. The van der Waals surface area contributed by atoms with Crippen molar-refractivity contribution in [2.75, 3.05) is 69.4 Å². The molecule has 0 aliphatic carbocycles. The maximum Gasteiger partial charge on any atom is 0.411 e. The molecule has 0 saturated carbocycles. The third kappa shape index (κ3) is 11.8. The molecule has 2 aliphatic rings. The summed E-state index contributed by atoms with van der Waals surface area (Å²) in [7, 11) is 3.28. The first-order valence-electron chi connectivity index (χ1n) is 20.1. The predicted molar refractivity (Wildman–Crippen MR) is 227 cm³/mol. The molecule has 6 N–H and O–H groups in total. The average Bonchev–Trinajstić information content (AvgIpc) is 3.24. The summed E-state index contributed by atoms with van der Waals surface area (Å²) in [6.45, 7) is 3.28. The molecule has 0 spiro atoms. The lowest BCUT2D eigenvalue weighted by atomic mass is 9.93. The van der Waals surface area contributed by atoms with Crippen molar-refractivity contribution in [3.05, 3.63) is 102 Å². The van der Waals surface area contributed by atoms with Crippen molar-refractivity contribution in [1.82, 2.24) is 15.1 Å². The highest BCUT2D eigenvalue weighted by atomic mass is 16.6. The molecule has 14 nitrogen and oxygen atoms in total. The second kappa shape index (κ2) is 20.6. The van der Waals surface area contributed by atoms with Gasteiger partial charge in [0.05, 0.1) is 36.8 Å². The van der Waals surface area contributed by atoms with E-state index in [2.05, 4.69) is 26.2 Å². The highest BCUT2D eigenvalue weighted by Gasteiger charge is 2.25. The summed E-state index contributed by atoms with van der Waals surface area (Å²) in [5.41, 5.74) is 5.71. The number of hydrogen-bond donors (Lipinski definition) is 6. The Hall–Kier alpha value is -5.96. The number of fused-ring (bicyclic) bond motifs is 1. The van der Waals surface area contributed by atoms with Gasteiger partial charge in [0.1, 0.15) is 17.6 Å². The molecule has 59 heavy (non-hydrogen) atoms. The molecular formula is C45H54N6O8. The van der Waals surface area contributed by atoms with Gasteiger partial charge < -0.3 is 45.4 Å². The molecule has 0 bridgehead atoms. The molecule has 4 aromatic rings. The van der Waals surface area contributed by atoms with Crippen LogP contribution in [0.5, 0.6) is 11.5 Å². The minimum atomic E-state index is -0.895. The van der Waals surface area contributed by atoms with E-state index in [1.165, 1.54) is 13.2 Å². The summed E-state index contributed by atoms with van der Waals surface area (Å²) < 4.78 is 11.3. The SMILES string of the molecule is COc1cc(CNC[C@H](O)c2ccc(O)c3c2CC(=O)CN3)ccc1NC(=O)CCCN(C)C(=O)CCN1CCC(OC(=O)Nc2ccccc2-c2ccccc2)CC1. The second-order valence-corrected chi connectivity index (χ2v) is 15.0. The molecule has 0 aromatic heterocycles. The number of carbonyl (C=O) groups is 4. The van der Waals surface area contributed by atoms with Crippen LogP contribution in [0.2, 0.25) is 0 Å². The first-order chi connectivity index (χ1) is 28.6. The number of aromatic hydroxyl groups is 1. The van der Waals surface area contributed by atoms with Gasteiger partial charge in [0.25, 0.3) is 0 Å². The molecule has 6 rings (SSSR count). The van der Waals surface area contributed by atoms with E-state index in [1.54, 1.807) is 24.1 Å². The van der Waals surface area contributed by atoms with E-state index in [1.807, 2.05) is 66.7 Å². The van der Waals surface area contributed by atoms with E-state index in [-0.39, 0.29) is 55.4 Å². The molecule has 14 heteroatoms. The highest BCUT2D eigenvalue weighted by Crippen LogP contribution is 2.36. The van der Waals surface area contributed by atoms with Gasteiger partial charge in [0, 0.05) is 71.1 Å². The van der Waals surface area contributed by atoms with Crippen molar-refractivity contribution in [1.29, 1.82) is 0 Å². The Morgan fingerprint density at radius 1 is 0.949 bits per heavy atom. The molecule has 0 radical (unpaired) electrons. The number of ketones is 1. The number of carbonyl (C=O) groups excluding carboxylic acids is 4. The summed E-state index contributed by atoms with van der Waals surface area (Å²) in [4.78, 5) is 54.4. The number of aliphatic hydroxyl groups is 1. The lowest BCUT2D eigenvalue weighted by Gasteiger charge is -2.31. The van der Waals surface area contributed by atoms with Crippen LogP contribution in [0.15, 0.2) is 84.9 Å². The molecule has 312 valence electrons. The number of rotatable bonds is 17. The zero-order valence-electron chi connectivity index (χ0n) is 33.7. The van der Waals surface area contributed by atoms with Gasteiger partial charge in [-0.15, -0.1) is 0 Å². The number of phenols is 1. The van der Waals surface area contributed by atoms with Crippen LogP contribution in [0.3, 0.4) is 0 Å². The van der Waals surface area contributed by atoms with Crippen LogP contribution in [0.1, 0.15) is 54.9 Å². The fourth-order valence-corrected chi connectivity index (χ4v) is 7.47. The number of Topliss-reactive ketones (excluding diaryl/α,β-unsaturated/α-hetero) is 1. The second-order valence-electron chi connectivity index (χ2n) is 15.0. The molecule has 2 aliphatic heterocycles. The van der Waals surface area contributed by atoms with Crippen molar-refractivity contribution in [2.45, 2.75) is 57.3 Å². The van der Waals surface area contributed by atoms with Crippen molar-refractivity contribution >= 4 is 40.8 Å². The van der Waals surface area contributed by atoms with E-state index < -0.39 is 12.2 Å². The van der Waals surface area contributed by atoms with Gasteiger partial charge in [-0.25, -0.2) is 4.79 Å². The fourth-order valence-electron chi connectivity index (χ4n) is 7.47. The zero-order valence-corrected chi connectivity index (χ0v) is 33.7. The van der Waals surface area contributed by atoms with Crippen LogP contribution >= 0.6 is 0 Å². The van der Waals surface area contributed by atoms with E-state index in [4.69, 9.17) is 9.47 Å².